The third-order valence-corrected chi connectivity index (χ3v) is 15.2. The molecule has 262 valence electrons. The van der Waals surface area contributed by atoms with Gasteiger partial charge in [0.05, 0.1) is 11.0 Å². The minimum atomic E-state index is -0.892. The van der Waals surface area contributed by atoms with E-state index in [1.165, 1.54) is 17.6 Å². The number of aliphatic carboxylic acids is 1. The molecule has 1 amide bonds. The number of hydrogen-bond acceptors (Lipinski definition) is 3. The summed E-state index contributed by atoms with van der Waals surface area (Å²) in [5, 5.41) is 19.5. The predicted octanol–water partition coefficient (Wildman–Crippen LogP) is 9.50. The molecule has 1 aliphatic heterocycles. The van der Waals surface area contributed by atoms with Gasteiger partial charge in [0, 0.05) is 6.54 Å². The molecular weight excluding hydrogens is 598 g/mol. The van der Waals surface area contributed by atoms with Crippen LogP contribution in [0.1, 0.15) is 135 Å². The van der Waals surface area contributed by atoms with Crippen molar-refractivity contribution in [1.82, 2.24) is 4.90 Å². The van der Waals surface area contributed by atoms with Crippen molar-refractivity contribution in [2.24, 2.45) is 51.2 Å². The molecule has 2 N–H and O–H groups in total. The molecule has 3 saturated carbocycles. The Balaban J connectivity index is 1.33. The summed E-state index contributed by atoms with van der Waals surface area (Å²) in [6.45, 7) is 19.5. The van der Waals surface area contributed by atoms with Gasteiger partial charge in [0.1, 0.15) is 6.04 Å². The Morgan fingerprint density at radius 3 is 2.17 bits per heavy atom. The minimum absolute atomic E-state index is 0.0495. The Hall–Kier alpha value is -2.89. The van der Waals surface area contributed by atoms with E-state index >= 15 is 0 Å². The molecule has 1 heterocycles. The molecule has 6 heteroatoms. The van der Waals surface area contributed by atoms with Gasteiger partial charge in [0.15, 0.2) is 0 Å². The third kappa shape index (κ3) is 5.39. The predicted molar refractivity (Wildman–Crippen MR) is 190 cm³/mol. The van der Waals surface area contributed by atoms with Crippen molar-refractivity contribution in [3.63, 3.8) is 0 Å². The van der Waals surface area contributed by atoms with Gasteiger partial charge in [-0.15, -0.1) is 0 Å². The van der Waals surface area contributed by atoms with Crippen LogP contribution in [0.25, 0.3) is 5.57 Å². The highest BCUT2D eigenvalue weighted by Gasteiger charge is 2.61. The van der Waals surface area contributed by atoms with Gasteiger partial charge >= 0.3 is 11.9 Å². The fourth-order valence-electron chi connectivity index (χ4n) is 12.6. The lowest BCUT2D eigenvalue weighted by Crippen LogP contribution is -2.56. The number of benzene rings is 1. The first-order valence-corrected chi connectivity index (χ1v) is 18.8. The fourth-order valence-corrected chi connectivity index (χ4v) is 12.6. The van der Waals surface area contributed by atoms with Crippen LogP contribution >= 0.6 is 0 Å². The average Bonchev–Trinajstić information content (AvgIpc) is 3.67. The van der Waals surface area contributed by atoms with Crippen LogP contribution < -0.4 is 0 Å². The Morgan fingerprint density at radius 2 is 1.52 bits per heavy atom. The van der Waals surface area contributed by atoms with Gasteiger partial charge in [-0.2, -0.15) is 0 Å². The molecule has 6 nitrogen and oxygen atoms in total. The zero-order valence-corrected chi connectivity index (χ0v) is 30.3. The summed E-state index contributed by atoms with van der Waals surface area (Å²) in [7, 11) is 0. The molecule has 0 bridgehead atoms. The Morgan fingerprint density at radius 1 is 0.833 bits per heavy atom. The van der Waals surface area contributed by atoms with Crippen LogP contribution in [0.15, 0.2) is 42.5 Å². The minimum Gasteiger partial charge on any atom is -0.480 e. The molecule has 9 unspecified atom stereocenters. The van der Waals surface area contributed by atoms with Crippen molar-refractivity contribution in [2.75, 3.05) is 6.54 Å². The van der Waals surface area contributed by atoms with Crippen molar-refractivity contribution >= 4 is 23.4 Å². The number of rotatable bonds is 5. The number of allylic oxidation sites excluding steroid dienone is 3. The lowest BCUT2D eigenvalue weighted by molar-refractivity contribution is -0.157. The van der Waals surface area contributed by atoms with Crippen molar-refractivity contribution in [1.29, 1.82) is 0 Å². The van der Waals surface area contributed by atoms with Crippen LogP contribution in [0.4, 0.5) is 0 Å². The van der Waals surface area contributed by atoms with Crippen LogP contribution in [0.5, 0.6) is 0 Å². The van der Waals surface area contributed by atoms with E-state index in [9.17, 15) is 24.6 Å². The first-order valence-electron chi connectivity index (χ1n) is 18.8. The first kappa shape index (κ1) is 35.0. The molecule has 4 aliphatic carbocycles. The first-order chi connectivity index (χ1) is 22.6. The van der Waals surface area contributed by atoms with Gasteiger partial charge < -0.3 is 15.1 Å². The highest BCUT2D eigenvalue weighted by molar-refractivity contribution is 5.89. The molecular formula is C42H59NO5. The van der Waals surface area contributed by atoms with Gasteiger partial charge in [-0.1, -0.05) is 71.4 Å². The number of amides is 1. The SMILES string of the molecule is C=C(C)C1CCC2(C(=O)N3CCCC3C(=O)O)CCC(C)C3(C)CCC4C(C)(C)C(c5ccc(C(=O)O)cc5)=CCC4(C)C3CCCC12. The number of carbonyl (C=O) groups excluding carboxylic acids is 1. The molecule has 48 heavy (non-hydrogen) atoms. The Labute approximate surface area is 288 Å². The smallest absolute Gasteiger partial charge is 0.335 e. The molecule has 0 radical (unpaired) electrons. The lowest BCUT2D eigenvalue weighted by Gasteiger charge is -2.64. The number of nitrogens with zero attached hydrogens (tertiary/aromatic N) is 1. The van der Waals surface area contributed by atoms with Crippen LogP contribution in [-0.2, 0) is 9.59 Å². The van der Waals surface area contributed by atoms with E-state index in [-0.39, 0.29) is 28.1 Å². The normalized spacial score (nSPS) is 39.4. The van der Waals surface area contributed by atoms with E-state index in [1.807, 2.05) is 12.1 Å². The highest BCUT2D eigenvalue weighted by Crippen LogP contribution is 2.69. The van der Waals surface area contributed by atoms with Gasteiger partial charge in [-0.05, 0) is 147 Å². The second-order valence-corrected chi connectivity index (χ2v) is 17.7. The maximum absolute atomic E-state index is 14.7. The molecule has 0 aromatic heterocycles. The number of carboxylic acids is 2. The summed E-state index contributed by atoms with van der Waals surface area (Å²) in [6, 6.07) is 6.77. The number of likely N-dealkylation sites (tertiary alicyclic amines) is 1. The van der Waals surface area contributed by atoms with Crippen LogP contribution in [0, 0.1) is 51.2 Å². The Kier molecular flexibility index (Phi) is 9.07. The second-order valence-electron chi connectivity index (χ2n) is 17.7. The van der Waals surface area contributed by atoms with E-state index in [0.717, 1.165) is 69.8 Å². The number of fused-ring (bicyclic) bond motifs is 4. The standard InChI is InChI=1S/C42H59NO5/c1-26(2)30-18-24-42(38(48)43-25-9-11-33(43)37(46)47)23-17-27(3)40(6)22-20-34-39(4,5)31(28-13-15-29(16-14-28)36(44)45)19-21-41(34,7)35(40)12-8-10-32(30)42/h13-16,19,27,30,32-35H,1,8-12,17-18,20-25H2,2-7H3,(H,44,45)(H,46,47). The van der Waals surface area contributed by atoms with Crippen LogP contribution in [-0.4, -0.2) is 45.5 Å². The summed E-state index contributed by atoms with van der Waals surface area (Å²) in [5.41, 5.74) is 3.72. The summed E-state index contributed by atoms with van der Waals surface area (Å²) in [4.78, 5) is 40.3. The zero-order chi connectivity index (χ0) is 34.8. The maximum atomic E-state index is 14.7. The molecule has 1 saturated heterocycles. The quantitative estimate of drug-likeness (QED) is 0.308. The lowest BCUT2D eigenvalue weighted by atomic mass is 9.40. The number of hydrogen-bond donors (Lipinski definition) is 2. The van der Waals surface area contributed by atoms with Crippen molar-refractivity contribution in [2.45, 2.75) is 125 Å². The topological polar surface area (TPSA) is 94.9 Å². The van der Waals surface area contributed by atoms with Crippen LogP contribution in [0.3, 0.4) is 0 Å². The molecule has 1 aromatic rings. The molecule has 5 aliphatic rings. The molecule has 1 aromatic carbocycles. The van der Waals surface area contributed by atoms with Gasteiger partial charge in [0.25, 0.3) is 0 Å². The van der Waals surface area contributed by atoms with Crippen molar-refractivity contribution in [3.8, 4) is 0 Å². The van der Waals surface area contributed by atoms with Gasteiger partial charge in [-0.25, -0.2) is 9.59 Å². The summed E-state index contributed by atoms with van der Waals surface area (Å²) in [5.74, 6) is 0.391. The number of carbonyl (C=O) groups is 3. The highest BCUT2D eigenvalue weighted by atomic mass is 16.4. The maximum Gasteiger partial charge on any atom is 0.335 e. The summed E-state index contributed by atoms with van der Waals surface area (Å²) >= 11 is 0. The van der Waals surface area contributed by atoms with Crippen molar-refractivity contribution in [3.05, 3.63) is 53.6 Å². The third-order valence-electron chi connectivity index (χ3n) is 15.2. The second kappa shape index (κ2) is 12.5. The monoisotopic (exact) mass is 657 g/mol. The molecule has 0 spiro atoms. The van der Waals surface area contributed by atoms with E-state index < -0.39 is 23.4 Å². The molecule has 6 rings (SSSR count). The average molecular weight is 658 g/mol. The fraction of sp³-hybridized carbons (Fsp3) is 0.690. The van der Waals surface area contributed by atoms with Gasteiger partial charge in [-0.3, -0.25) is 4.79 Å². The van der Waals surface area contributed by atoms with Crippen LogP contribution in [0.2, 0.25) is 0 Å². The van der Waals surface area contributed by atoms with Crippen molar-refractivity contribution < 1.29 is 24.6 Å². The number of aromatic carboxylic acids is 1. The largest absolute Gasteiger partial charge is 0.480 e. The van der Waals surface area contributed by atoms with E-state index in [2.05, 4.69) is 54.2 Å². The molecule has 9 atom stereocenters. The van der Waals surface area contributed by atoms with Gasteiger partial charge in [0.2, 0.25) is 5.91 Å². The van der Waals surface area contributed by atoms with E-state index in [4.69, 9.17) is 0 Å². The summed E-state index contributed by atoms with van der Waals surface area (Å²) < 4.78 is 0. The Bertz CT molecular complexity index is 1490. The summed E-state index contributed by atoms with van der Waals surface area (Å²) in [6.07, 6.45) is 14.0. The number of carboxylic acid groups (broad SMARTS) is 2. The molecule has 4 fully saturated rings. The zero-order valence-electron chi connectivity index (χ0n) is 30.3. The van der Waals surface area contributed by atoms with E-state index in [1.54, 1.807) is 17.0 Å². The van der Waals surface area contributed by atoms with E-state index in [0.29, 0.717) is 42.2 Å².